The van der Waals surface area contributed by atoms with E-state index in [4.69, 9.17) is 9.84 Å². The van der Waals surface area contributed by atoms with Crippen LogP contribution in [0, 0.1) is 11.8 Å². The maximum Gasteiger partial charge on any atom is 0.303 e. The average molecular weight is 369 g/mol. The molecule has 0 aromatic rings. The Balaban J connectivity index is 2.53. The highest BCUT2D eigenvalue weighted by molar-refractivity contribution is 5.66. The van der Waals surface area contributed by atoms with Gasteiger partial charge in [0.2, 0.25) is 0 Å². The molecule has 0 bridgehead atoms. The fourth-order valence-electron chi connectivity index (χ4n) is 3.59. The quantitative estimate of drug-likeness (QED) is 0.341. The minimum Gasteiger partial charge on any atom is -0.481 e. The lowest BCUT2D eigenvalue weighted by Gasteiger charge is -2.20. The highest BCUT2D eigenvalue weighted by Crippen LogP contribution is 2.36. The van der Waals surface area contributed by atoms with Crippen LogP contribution in [0.5, 0.6) is 0 Å². The lowest BCUT2D eigenvalue weighted by molar-refractivity contribution is -0.137. The molecule has 1 saturated carbocycles. The number of hydrogen-bond donors (Lipinski definition) is 3. The molecule has 5 heteroatoms. The number of methoxy groups -OCH3 is 1. The van der Waals surface area contributed by atoms with E-state index in [2.05, 4.69) is 6.92 Å². The maximum atomic E-state index is 10.5. The summed E-state index contributed by atoms with van der Waals surface area (Å²) in [6.45, 7) is 2.17. The number of carbonyl (C=O) groups is 1. The molecule has 1 rings (SSSR count). The first-order valence-corrected chi connectivity index (χ1v) is 9.93. The highest BCUT2D eigenvalue weighted by Gasteiger charge is 2.39. The summed E-state index contributed by atoms with van der Waals surface area (Å²) >= 11 is 0. The second-order valence-electron chi connectivity index (χ2n) is 7.26. The summed E-state index contributed by atoms with van der Waals surface area (Å²) in [6, 6.07) is 0. The lowest BCUT2D eigenvalue weighted by atomic mass is 9.89. The first-order chi connectivity index (χ1) is 12.5. The molecule has 5 atom stereocenters. The molecule has 3 N–H and O–H groups in total. The van der Waals surface area contributed by atoms with E-state index in [-0.39, 0.29) is 24.4 Å². The molecule has 1 fully saturated rings. The molecule has 0 aliphatic heterocycles. The second-order valence-corrected chi connectivity index (χ2v) is 7.26. The number of ether oxygens (including phenoxy) is 1. The minimum absolute atomic E-state index is 0.00915. The van der Waals surface area contributed by atoms with Crippen LogP contribution in [0.4, 0.5) is 0 Å². The van der Waals surface area contributed by atoms with Gasteiger partial charge in [0.05, 0.1) is 18.3 Å². The van der Waals surface area contributed by atoms with E-state index in [0.717, 1.165) is 19.3 Å². The Labute approximate surface area is 157 Å². The van der Waals surface area contributed by atoms with Crippen molar-refractivity contribution in [3.8, 4) is 0 Å². The van der Waals surface area contributed by atoms with Gasteiger partial charge in [0.25, 0.3) is 0 Å². The molecule has 0 amide bonds. The van der Waals surface area contributed by atoms with Gasteiger partial charge in [-0.1, -0.05) is 50.5 Å². The van der Waals surface area contributed by atoms with Gasteiger partial charge in [-0.25, -0.2) is 0 Å². The van der Waals surface area contributed by atoms with Crippen molar-refractivity contribution >= 4 is 5.97 Å². The Kier molecular flexibility index (Phi) is 11.5. The third kappa shape index (κ3) is 8.47. The van der Waals surface area contributed by atoms with Crippen LogP contribution in [0.25, 0.3) is 0 Å². The first kappa shape index (κ1) is 22.9. The van der Waals surface area contributed by atoms with Crippen LogP contribution in [0.15, 0.2) is 24.3 Å². The van der Waals surface area contributed by atoms with Crippen molar-refractivity contribution in [2.24, 2.45) is 11.8 Å². The predicted octanol–water partition coefficient (Wildman–Crippen LogP) is 3.70. The summed E-state index contributed by atoms with van der Waals surface area (Å²) < 4.78 is 5.51. The van der Waals surface area contributed by atoms with E-state index in [1.54, 1.807) is 7.11 Å². The molecule has 0 aromatic carbocycles. The number of hydrogen-bond acceptors (Lipinski definition) is 4. The van der Waals surface area contributed by atoms with Crippen LogP contribution in [0.1, 0.15) is 64.7 Å². The van der Waals surface area contributed by atoms with Crippen molar-refractivity contribution in [3.05, 3.63) is 24.3 Å². The minimum atomic E-state index is -0.774. The molecule has 0 aromatic heterocycles. The third-order valence-corrected chi connectivity index (χ3v) is 5.20. The topological polar surface area (TPSA) is 87.0 Å². The van der Waals surface area contributed by atoms with E-state index in [1.165, 1.54) is 12.8 Å². The summed E-state index contributed by atoms with van der Waals surface area (Å²) in [6.07, 6.45) is 14.1. The van der Waals surface area contributed by atoms with Gasteiger partial charge in [0, 0.05) is 25.9 Å². The monoisotopic (exact) mass is 368 g/mol. The maximum absolute atomic E-state index is 10.5. The molecule has 5 nitrogen and oxygen atoms in total. The Bertz CT molecular complexity index is 446. The molecule has 26 heavy (non-hydrogen) atoms. The number of aliphatic hydroxyl groups is 2. The van der Waals surface area contributed by atoms with Crippen molar-refractivity contribution < 1.29 is 24.9 Å². The molecule has 150 valence electrons. The molecular formula is C21H36O5. The number of aliphatic carboxylic acids is 1. The summed E-state index contributed by atoms with van der Waals surface area (Å²) in [5.41, 5.74) is 0. The number of unbranched alkanes of at least 4 members (excludes halogenated alkanes) is 3. The van der Waals surface area contributed by atoms with Gasteiger partial charge in [0.15, 0.2) is 0 Å². The van der Waals surface area contributed by atoms with Crippen molar-refractivity contribution in [2.75, 3.05) is 7.11 Å². The van der Waals surface area contributed by atoms with Crippen LogP contribution >= 0.6 is 0 Å². The van der Waals surface area contributed by atoms with E-state index in [1.807, 2.05) is 24.3 Å². The number of allylic oxidation sites excluding steroid dienone is 2. The summed E-state index contributed by atoms with van der Waals surface area (Å²) in [5.74, 6) is -0.854. The van der Waals surface area contributed by atoms with Gasteiger partial charge in [-0.2, -0.15) is 0 Å². The van der Waals surface area contributed by atoms with Crippen LogP contribution in [-0.2, 0) is 9.53 Å². The van der Waals surface area contributed by atoms with E-state index in [0.29, 0.717) is 19.3 Å². The van der Waals surface area contributed by atoms with E-state index < -0.39 is 18.2 Å². The molecule has 0 unspecified atom stereocenters. The Hall–Kier alpha value is -1.17. The number of aliphatic hydroxyl groups excluding tert-OH is 2. The van der Waals surface area contributed by atoms with Crippen molar-refractivity contribution in [1.29, 1.82) is 0 Å². The Morgan fingerprint density at radius 3 is 2.62 bits per heavy atom. The van der Waals surface area contributed by atoms with Crippen molar-refractivity contribution in [2.45, 2.75) is 83.0 Å². The van der Waals surface area contributed by atoms with Crippen LogP contribution in [-0.4, -0.2) is 46.7 Å². The van der Waals surface area contributed by atoms with Crippen molar-refractivity contribution in [1.82, 2.24) is 0 Å². The smallest absolute Gasteiger partial charge is 0.303 e. The molecule has 1 aliphatic carbocycles. The third-order valence-electron chi connectivity index (χ3n) is 5.20. The summed E-state index contributed by atoms with van der Waals surface area (Å²) in [4.78, 5) is 10.5. The fourth-order valence-corrected chi connectivity index (χ4v) is 3.59. The number of carboxylic acids is 1. The van der Waals surface area contributed by atoms with Crippen LogP contribution in [0.3, 0.4) is 0 Å². The molecule has 0 radical (unpaired) electrons. The molecule has 0 saturated heterocycles. The molecular weight excluding hydrogens is 332 g/mol. The van der Waals surface area contributed by atoms with Gasteiger partial charge in [-0.3, -0.25) is 4.79 Å². The molecule has 0 heterocycles. The Morgan fingerprint density at radius 2 is 1.96 bits per heavy atom. The van der Waals surface area contributed by atoms with Crippen LogP contribution in [0.2, 0.25) is 0 Å². The van der Waals surface area contributed by atoms with Gasteiger partial charge in [0.1, 0.15) is 0 Å². The van der Waals surface area contributed by atoms with Gasteiger partial charge in [-0.15, -0.1) is 0 Å². The standard InChI is InChI=1S/C21H36O5/c1-3-4-7-10-16(26-2)13-14-18-17(19(22)15-20(18)23)11-8-5-6-9-12-21(24)25/h5,8,13-14,16-20,22-23H,3-4,6-7,9-12,15H2,1-2H3,(H,24,25)/b8-5-,14-13+/t16-,17-,18+,19-,20+/m0/s1. The highest BCUT2D eigenvalue weighted by atomic mass is 16.5. The van der Waals surface area contributed by atoms with E-state index in [9.17, 15) is 15.0 Å². The zero-order chi connectivity index (χ0) is 19.4. The van der Waals surface area contributed by atoms with Crippen molar-refractivity contribution in [3.63, 3.8) is 0 Å². The zero-order valence-electron chi connectivity index (χ0n) is 16.2. The zero-order valence-corrected chi connectivity index (χ0v) is 16.2. The van der Waals surface area contributed by atoms with Gasteiger partial charge >= 0.3 is 5.97 Å². The summed E-state index contributed by atoms with van der Waals surface area (Å²) in [5, 5.41) is 29.2. The van der Waals surface area contributed by atoms with Gasteiger partial charge < -0.3 is 20.1 Å². The predicted molar refractivity (Wildman–Crippen MR) is 103 cm³/mol. The largest absolute Gasteiger partial charge is 0.481 e. The second kappa shape index (κ2) is 13.1. The lowest BCUT2D eigenvalue weighted by Crippen LogP contribution is -2.20. The summed E-state index contributed by atoms with van der Waals surface area (Å²) in [7, 11) is 1.71. The SMILES string of the molecule is CCCCC[C@@H](/C=C/[C@@H]1[C@H](C/C=C\CCCC(=O)O)[C@@H](O)C[C@H]1O)OC. The number of rotatable bonds is 13. The normalized spacial score (nSPS) is 27.5. The van der Waals surface area contributed by atoms with E-state index >= 15 is 0 Å². The number of carboxylic acid groups (broad SMARTS) is 1. The van der Waals surface area contributed by atoms with Crippen LogP contribution < -0.4 is 0 Å². The molecule has 1 aliphatic rings. The first-order valence-electron chi connectivity index (χ1n) is 9.93. The molecule has 0 spiro atoms. The van der Waals surface area contributed by atoms with Gasteiger partial charge in [-0.05, 0) is 31.6 Å². The Morgan fingerprint density at radius 1 is 1.19 bits per heavy atom. The fraction of sp³-hybridized carbons (Fsp3) is 0.762. The average Bonchev–Trinajstić information content (AvgIpc) is 2.87.